The number of aromatic amines is 1. The van der Waals surface area contributed by atoms with Crippen LogP contribution in [-0.2, 0) is 11.5 Å². The molecular formula is C21H20ClN3O. The third-order valence-corrected chi connectivity index (χ3v) is 4.52. The highest BCUT2D eigenvalue weighted by atomic mass is 35.5. The number of anilines is 1. The molecule has 0 bridgehead atoms. The Hall–Kier alpha value is -2.85. The summed E-state index contributed by atoms with van der Waals surface area (Å²) in [6.45, 7) is 4.58. The highest BCUT2D eigenvalue weighted by Gasteiger charge is 2.34. The second-order valence-corrected chi connectivity index (χ2v) is 6.39. The molecule has 0 aliphatic carbocycles. The minimum absolute atomic E-state index is 0. The van der Waals surface area contributed by atoms with Crippen molar-refractivity contribution in [3.63, 3.8) is 0 Å². The lowest BCUT2D eigenvalue weighted by Gasteiger charge is -2.12. The standard InChI is InChI=1S/C21H19N3O.ClH/c1-15-12-16(2)22-19(15)13-18-17-8-4-5-9-20(17)24(21(18)25)14-23-10-6-3-7-11-23;/h3-13H,14H2,1-2H3;1H. The predicted octanol–water partition coefficient (Wildman–Crippen LogP) is 0.468. The van der Waals surface area contributed by atoms with E-state index in [1.165, 1.54) is 0 Å². The fourth-order valence-electron chi connectivity index (χ4n) is 3.32. The van der Waals surface area contributed by atoms with Crippen molar-refractivity contribution >= 4 is 23.2 Å². The quantitative estimate of drug-likeness (QED) is 0.532. The van der Waals surface area contributed by atoms with E-state index in [1.807, 2.05) is 77.3 Å². The Kier molecular flexibility index (Phi) is 4.96. The summed E-state index contributed by atoms with van der Waals surface area (Å²) in [6, 6.07) is 16.0. The van der Waals surface area contributed by atoms with Crippen LogP contribution in [-0.4, -0.2) is 10.9 Å². The third kappa shape index (κ3) is 3.16. The summed E-state index contributed by atoms with van der Waals surface area (Å²) in [5, 5.41) is 0. The van der Waals surface area contributed by atoms with Crippen LogP contribution in [0.25, 0.3) is 11.6 Å². The van der Waals surface area contributed by atoms with Gasteiger partial charge < -0.3 is 17.4 Å². The molecule has 4 rings (SSSR count). The number of para-hydroxylation sites is 1. The van der Waals surface area contributed by atoms with Crippen molar-refractivity contribution in [2.24, 2.45) is 0 Å². The van der Waals surface area contributed by atoms with Crippen LogP contribution >= 0.6 is 0 Å². The van der Waals surface area contributed by atoms with Gasteiger partial charge in [0.15, 0.2) is 12.4 Å². The molecule has 132 valence electrons. The minimum Gasteiger partial charge on any atom is -1.00 e. The Labute approximate surface area is 159 Å². The molecule has 1 amide bonds. The molecule has 3 aromatic rings. The first-order chi connectivity index (χ1) is 12.1. The van der Waals surface area contributed by atoms with Crippen LogP contribution in [0.4, 0.5) is 5.69 Å². The first-order valence-electron chi connectivity index (χ1n) is 8.37. The molecule has 1 N–H and O–H groups in total. The number of amides is 1. The van der Waals surface area contributed by atoms with Crippen LogP contribution < -0.4 is 21.9 Å². The molecule has 1 aliphatic heterocycles. The molecule has 0 spiro atoms. The zero-order chi connectivity index (χ0) is 17.4. The summed E-state index contributed by atoms with van der Waals surface area (Å²) in [5.74, 6) is 0.0317. The third-order valence-electron chi connectivity index (χ3n) is 4.52. The first kappa shape index (κ1) is 18.0. The Morgan fingerprint density at radius 1 is 1.08 bits per heavy atom. The van der Waals surface area contributed by atoms with Gasteiger partial charge in [0, 0.05) is 29.1 Å². The van der Waals surface area contributed by atoms with Crippen molar-refractivity contribution in [1.29, 1.82) is 0 Å². The molecule has 0 unspecified atom stereocenters. The summed E-state index contributed by atoms with van der Waals surface area (Å²) in [5.41, 5.74) is 5.90. The van der Waals surface area contributed by atoms with E-state index in [0.29, 0.717) is 6.67 Å². The summed E-state index contributed by atoms with van der Waals surface area (Å²) in [7, 11) is 0. The number of nitrogens with zero attached hydrogens (tertiary/aromatic N) is 2. The molecule has 4 nitrogen and oxygen atoms in total. The zero-order valence-corrected chi connectivity index (χ0v) is 15.5. The lowest BCUT2D eigenvalue weighted by atomic mass is 10.1. The number of fused-ring (bicyclic) bond motifs is 1. The number of halogens is 1. The van der Waals surface area contributed by atoms with Crippen molar-refractivity contribution < 1.29 is 21.8 Å². The van der Waals surface area contributed by atoms with Gasteiger partial charge in [-0.25, -0.2) is 0 Å². The first-order valence-corrected chi connectivity index (χ1v) is 8.37. The Morgan fingerprint density at radius 3 is 2.50 bits per heavy atom. The SMILES string of the molecule is Cc1cc(C)c(/C=C2\C(=O)N(C[n+]3ccccc3)c3ccccc32)[nH]1.[Cl-]. The lowest BCUT2D eigenvalue weighted by Crippen LogP contribution is -3.00. The average Bonchev–Trinajstić information content (AvgIpc) is 3.07. The molecule has 1 aromatic carbocycles. The maximum atomic E-state index is 13.1. The molecule has 0 radical (unpaired) electrons. The number of benzene rings is 1. The van der Waals surface area contributed by atoms with Crippen LogP contribution in [0.3, 0.4) is 0 Å². The number of pyridine rings is 1. The minimum atomic E-state index is 0. The molecular weight excluding hydrogens is 346 g/mol. The molecule has 1 aliphatic rings. The molecule has 26 heavy (non-hydrogen) atoms. The number of carbonyl (C=O) groups is 1. The van der Waals surface area contributed by atoms with Crippen molar-refractivity contribution in [2.75, 3.05) is 4.90 Å². The van der Waals surface area contributed by atoms with E-state index in [2.05, 4.69) is 18.0 Å². The van der Waals surface area contributed by atoms with Gasteiger partial charge in [-0.05, 0) is 37.6 Å². The number of carbonyl (C=O) groups excluding carboxylic acids is 1. The number of rotatable bonds is 3. The smallest absolute Gasteiger partial charge is 0.263 e. The van der Waals surface area contributed by atoms with E-state index in [1.54, 1.807) is 0 Å². The van der Waals surface area contributed by atoms with Crippen LogP contribution in [0.15, 0.2) is 60.9 Å². The Morgan fingerprint density at radius 2 is 1.81 bits per heavy atom. The van der Waals surface area contributed by atoms with Gasteiger partial charge in [0.05, 0.1) is 11.3 Å². The highest BCUT2D eigenvalue weighted by Crippen LogP contribution is 2.37. The van der Waals surface area contributed by atoms with Crippen LogP contribution in [0.5, 0.6) is 0 Å². The second-order valence-electron chi connectivity index (χ2n) is 6.39. The maximum Gasteiger partial charge on any atom is 0.263 e. The number of hydrogen-bond donors (Lipinski definition) is 1. The normalized spacial score (nSPS) is 14.5. The fourth-order valence-corrected chi connectivity index (χ4v) is 3.32. The predicted molar refractivity (Wildman–Crippen MR) is 98.7 cm³/mol. The van der Waals surface area contributed by atoms with Crippen molar-refractivity contribution in [3.05, 3.63) is 83.4 Å². The number of aryl methyl sites for hydroxylation is 2. The maximum absolute atomic E-state index is 13.1. The Bertz CT molecular complexity index is 976. The summed E-state index contributed by atoms with van der Waals surface area (Å²) < 4.78 is 2.00. The van der Waals surface area contributed by atoms with Crippen LogP contribution in [0.2, 0.25) is 0 Å². The second kappa shape index (κ2) is 7.18. The van der Waals surface area contributed by atoms with Gasteiger partial charge in [0.2, 0.25) is 6.67 Å². The molecule has 0 atom stereocenters. The monoisotopic (exact) mass is 365 g/mol. The topological polar surface area (TPSA) is 40.0 Å². The fraction of sp³-hybridized carbons (Fsp3) is 0.143. The van der Waals surface area contributed by atoms with Gasteiger partial charge in [0.25, 0.3) is 5.91 Å². The molecule has 2 aromatic heterocycles. The molecule has 0 saturated heterocycles. The lowest BCUT2D eigenvalue weighted by molar-refractivity contribution is -0.694. The van der Waals surface area contributed by atoms with E-state index in [9.17, 15) is 4.79 Å². The van der Waals surface area contributed by atoms with Gasteiger partial charge in [-0.2, -0.15) is 4.57 Å². The van der Waals surface area contributed by atoms with E-state index in [-0.39, 0.29) is 18.3 Å². The summed E-state index contributed by atoms with van der Waals surface area (Å²) >= 11 is 0. The van der Waals surface area contributed by atoms with Crippen molar-refractivity contribution in [1.82, 2.24) is 4.98 Å². The van der Waals surface area contributed by atoms with Gasteiger partial charge in [0.1, 0.15) is 0 Å². The number of aromatic nitrogens is 2. The molecule has 0 saturated carbocycles. The van der Waals surface area contributed by atoms with Gasteiger partial charge >= 0.3 is 0 Å². The van der Waals surface area contributed by atoms with Crippen LogP contribution in [0, 0.1) is 13.8 Å². The molecule has 0 fully saturated rings. The summed E-state index contributed by atoms with van der Waals surface area (Å²) in [6.07, 6.45) is 5.91. The van der Waals surface area contributed by atoms with E-state index in [0.717, 1.165) is 33.8 Å². The van der Waals surface area contributed by atoms with Crippen molar-refractivity contribution in [2.45, 2.75) is 20.5 Å². The molecule has 5 heteroatoms. The average molecular weight is 366 g/mol. The van der Waals surface area contributed by atoms with Gasteiger partial charge in [-0.15, -0.1) is 0 Å². The number of nitrogens with one attached hydrogen (secondary N) is 1. The number of H-pyrrole nitrogens is 1. The zero-order valence-electron chi connectivity index (χ0n) is 14.7. The van der Waals surface area contributed by atoms with Gasteiger partial charge in [-0.1, -0.05) is 24.3 Å². The largest absolute Gasteiger partial charge is 1.00 e. The van der Waals surface area contributed by atoms with Gasteiger partial charge in [-0.3, -0.25) is 9.69 Å². The van der Waals surface area contributed by atoms with E-state index in [4.69, 9.17) is 0 Å². The van der Waals surface area contributed by atoms with Crippen LogP contribution in [0.1, 0.15) is 22.5 Å². The summed E-state index contributed by atoms with van der Waals surface area (Å²) in [4.78, 5) is 18.3. The molecule has 3 heterocycles. The number of hydrogen-bond acceptors (Lipinski definition) is 1. The Balaban J connectivity index is 0.00000196. The highest BCUT2D eigenvalue weighted by molar-refractivity contribution is 6.35. The van der Waals surface area contributed by atoms with E-state index >= 15 is 0 Å². The van der Waals surface area contributed by atoms with Crippen molar-refractivity contribution in [3.8, 4) is 0 Å². The van der Waals surface area contributed by atoms with E-state index < -0.39 is 0 Å².